The van der Waals surface area contributed by atoms with Crippen molar-refractivity contribution in [2.75, 3.05) is 10.6 Å². The lowest BCUT2D eigenvalue weighted by atomic mass is 10.1. The lowest BCUT2D eigenvalue weighted by molar-refractivity contribution is -0.116. The number of thiazole rings is 1. The molecule has 1 heterocycles. The minimum absolute atomic E-state index is 0.0808. The van der Waals surface area contributed by atoms with Crippen molar-refractivity contribution in [2.45, 2.75) is 23.5 Å². The second-order valence-electron chi connectivity index (χ2n) is 9.96. The van der Waals surface area contributed by atoms with Gasteiger partial charge in [-0.25, -0.2) is 4.98 Å². The van der Waals surface area contributed by atoms with Crippen molar-refractivity contribution in [1.82, 2.24) is 10.3 Å². The number of carbonyl (C=O) groups excluding carboxylic acids is 3. The summed E-state index contributed by atoms with van der Waals surface area (Å²) in [6.07, 6.45) is 2.20. The number of rotatable bonds is 11. The summed E-state index contributed by atoms with van der Waals surface area (Å²) < 4.78 is 0.839. The van der Waals surface area contributed by atoms with Crippen LogP contribution in [0.2, 0.25) is 5.02 Å². The summed E-state index contributed by atoms with van der Waals surface area (Å²) in [6, 6.07) is 30.7. The Labute approximate surface area is 288 Å². The van der Waals surface area contributed by atoms with Crippen molar-refractivity contribution in [3.63, 3.8) is 0 Å². The van der Waals surface area contributed by atoms with Crippen LogP contribution in [0.5, 0.6) is 0 Å². The Morgan fingerprint density at radius 1 is 0.935 bits per heavy atom. The molecule has 0 radical (unpaired) electrons. The predicted molar refractivity (Wildman–Crippen MR) is 192 cm³/mol. The van der Waals surface area contributed by atoms with E-state index in [1.807, 2.05) is 66.9 Å². The molecule has 0 saturated heterocycles. The molecule has 3 N–H and O–H groups in total. The van der Waals surface area contributed by atoms with Gasteiger partial charge in [0, 0.05) is 36.6 Å². The molecule has 46 heavy (non-hydrogen) atoms. The molecular weight excluding hydrogens is 704 g/mol. The van der Waals surface area contributed by atoms with Gasteiger partial charge in [-0.3, -0.25) is 14.4 Å². The van der Waals surface area contributed by atoms with E-state index in [9.17, 15) is 14.4 Å². The highest BCUT2D eigenvalue weighted by molar-refractivity contribution is 9.10. The molecule has 1 atom stereocenters. The van der Waals surface area contributed by atoms with Crippen LogP contribution in [-0.2, 0) is 9.59 Å². The number of hydrogen-bond acceptors (Lipinski definition) is 6. The zero-order valence-corrected chi connectivity index (χ0v) is 28.5. The largest absolute Gasteiger partial charge is 0.321 e. The summed E-state index contributed by atoms with van der Waals surface area (Å²) in [4.78, 5) is 45.0. The van der Waals surface area contributed by atoms with Crippen LogP contribution in [0.3, 0.4) is 0 Å². The second-order valence-corrected chi connectivity index (χ2v) is 13.5. The van der Waals surface area contributed by atoms with E-state index < -0.39 is 17.1 Å². The molecule has 5 aromatic rings. The first-order valence-electron chi connectivity index (χ1n) is 14.2. The Morgan fingerprint density at radius 3 is 2.43 bits per heavy atom. The first-order chi connectivity index (χ1) is 22.3. The standard InChI is InChI=1S/C35H28BrClN4O3S2/c1-2-31(34(44)41-35-40-30(21-45-35)23-14-16-26(37)17-15-23)46-28-13-7-12-27(20-28)38-33(43)29(19-22-8-6-11-25(36)18-22)39-32(42)24-9-4-3-5-10-24/h3-21,31H,2H2,1H3,(H,38,43)(H,39,42)(H,40,41,44)/b29-19+. The smallest absolute Gasteiger partial charge is 0.272 e. The molecule has 1 unspecified atom stereocenters. The Kier molecular flexibility index (Phi) is 11.4. The Morgan fingerprint density at radius 2 is 1.70 bits per heavy atom. The minimum atomic E-state index is -0.489. The highest BCUT2D eigenvalue weighted by Crippen LogP contribution is 2.30. The van der Waals surface area contributed by atoms with Crippen molar-refractivity contribution in [1.29, 1.82) is 0 Å². The maximum absolute atomic E-state index is 13.5. The van der Waals surface area contributed by atoms with Gasteiger partial charge >= 0.3 is 0 Å². The van der Waals surface area contributed by atoms with Crippen LogP contribution in [-0.4, -0.2) is 28.0 Å². The molecule has 5 rings (SSSR count). The Hall–Kier alpha value is -4.22. The molecule has 232 valence electrons. The number of thioether (sulfide) groups is 1. The van der Waals surface area contributed by atoms with Gasteiger partial charge in [0.15, 0.2) is 5.13 Å². The Bertz CT molecular complexity index is 1880. The molecule has 1 aromatic heterocycles. The van der Waals surface area contributed by atoms with E-state index in [1.54, 1.807) is 54.6 Å². The number of carbonyl (C=O) groups is 3. The molecule has 0 spiro atoms. The molecule has 0 aliphatic rings. The van der Waals surface area contributed by atoms with Crippen LogP contribution in [0.25, 0.3) is 17.3 Å². The SMILES string of the molecule is CCC(Sc1cccc(NC(=O)/C(=C\c2cccc(Br)c2)NC(=O)c2ccccc2)c1)C(=O)Nc1nc(-c2ccc(Cl)cc2)cs1. The fourth-order valence-electron chi connectivity index (χ4n) is 4.31. The van der Waals surface area contributed by atoms with E-state index in [2.05, 4.69) is 36.9 Å². The predicted octanol–water partition coefficient (Wildman–Crippen LogP) is 9.14. The molecule has 0 saturated carbocycles. The van der Waals surface area contributed by atoms with Gasteiger partial charge in [-0.15, -0.1) is 23.1 Å². The van der Waals surface area contributed by atoms with Gasteiger partial charge in [0.25, 0.3) is 11.8 Å². The second kappa shape index (κ2) is 15.9. The van der Waals surface area contributed by atoms with Gasteiger partial charge in [-0.05, 0) is 72.7 Å². The van der Waals surface area contributed by atoms with E-state index >= 15 is 0 Å². The summed E-state index contributed by atoms with van der Waals surface area (Å²) in [5.41, 5.74) is 3.43. The summed E-state index contributed by atoms with van der Waals surface area (Å²) in [6.45, 7) is 1.94. The monoisotopic (exact) mass is 730 g/mol. The molecule has 0 aliphatic heterocycles. The highest BCUT2D eigenvalue weighted by atomic mass is 79.9. The molecule has 3 amide bonds. The number of benzene rings is 4. The molecule has 0 bridgehead atoms. The number of anilines is 2. The maximum Gasteiger partial charge on any atom is 0.272 e. The third-order valence-electron chi connectivity index (χ3n) is 6.60. The molecule has 4 aromatic carbocycles. The van der Waals surface area contributed by atoms with Gasteiger partial charge in [-0.1, -0.05) is 83.0 Å². The number of aromatic nitrogens is 1. The van der Waals surface area contributed by atoms with Crippen LogP contribution < -0.4 is 16.0 Å². The van der Waals surface area contributed by atoms with E-state index in [-0.39, 0.29) is 11.6 Å². The van der Waals surface area contributed by atoms with Crippen LogP contribution in [0, 0.1) is 0 Å². The summed E-state index contributed by atoms with van der Waals surface area (Å²) in [5, 5.41) is 11.2. The van der Waals surface area contributed by atoms with Crippen molar-refractivity contribution in [3.8, 4) is 11.3 Å². The number of nitrogens with zero attached hydrogens (tertiary/aromatic N) is 1. The van der Waals surface area contributed by atoms with Crippen LogP contribution >= 0.6 is 50.6 Å². The number of nitrogens with one attached hydrogen (secondary N) is 3. The topological polar surface area (TPSA) is 100 Å². The molecule has 0 fully saturated rings. The first kappa shape index (κ1) is 33.2. The molecule has 7 nitrogen and oxygen atoms in total. The zero-order chi connectivity index (χ0) is 32.5. The average Bonchev–Trinajstić information content (AvgIpc) is 3.52. The molecule has 0 aliphatic carbocycles. The van der Waals surface area contributed by atoms with Gasteiger partial charge in [0.1, 0.15) is 5.70 Å². The molecular formula is C35H28BrClN4O3S2. The Balaban J connectivity index is 1.27. The van der Waals surface area contributed by atoms with Gasteiger partial charge in [0.05, 0.1) is 10.9 Å². The van der Waals surface area contributed by atoms with Crippen molar-refractivity contribution in [2.24, 2.45) is 0 Å². The number of amides is 3. The van der Waals surface area contributed by atoms with Crippen LogP contribution in [0.1, 0.15) is 29.3 Å². The lowest BCUT2D eigenvalue weighted by Gasteiger charge is -2.15. The summed E-state index contributed by atoms with van der Waals surface area (Å²) >= 11 is 12.2. The van der Waals surface area contributed by atoms with Crippen LogP contribution in [0.4, 0.5) is 10.8 Å². The van der Waals surface area contributed by atoms with Gasteiger partial charge in [-0.2, -0.15) is 0 Å². The average molecular weight is 732 g/mol. The van der Waals surface area contributed by atoms with E-state index in [1.165, 1.54) is 23.1 Å². The maximum atomic E-state index is 13.5. The fraction of sp³-hybridized carbons (Fsp3) is 0.0857. The first-order valence-corrected chi connectivity index (χ1v) is 17.1. The minimum Gasteiger partial charge on any atom is -0.321 e. The molecule has 11 heteroatoms. The lowest BCUT2D eigenvalue weighted by Crippen LogP contribution is -2.30. The number of halogens is 2. The van der Waals surface area contributed by atoms with E-state index in [0.29, 0.717) is 27.8 Å². The summed E-state index contributed by atoms with van der Waals surface area (Å²) in [5.74, 6) is -1.06. The third-order valence-corrected chi connectivity index (χ3v) is 9.46. The summed E-state index contributed by atoms with van der Waals surface area (Å²) in [7, 11) is 0. The normalized spacial score (nSPS) is 11.8. The van der Waals surface area contributed by atoms with E-state index in [0.717, 1.165) is 26.2 Å². The van der Waals surface area contributed by atoms with Crippen molar-refractivity contribution < 1.29 is 14.4 Å². The zero-order valence-electron chi connectivity index (χ0n) is 24.5. The van der Waals surface area contributed by atoms with Gasteiger partial charge in [0.2, 0.25) is 5.91 Å². The van der Waals surface area contributed by atoms with E-state index in [4.69, 9.17) is 11.6 Å². The van der Waals surface area contributed by atoms with Crippen molar-refractivity contribution in [3.05, 3.63) is 135 Å². The third kappa shape index (κ3) is 9.17. The van der Waals surface area contributed by atoms with Crippen LogP contribution in [0.15, 0.2) is 124 Å². The number of hydrogen-bond donors (Lipinski definition) is 3. The highest BCUT2D eigenvalue weighted by Gasteiger charge is 2.20. The fourth-order valence-corrected chi connectivity index (χ4v) is 6.59. The quantitative estimate of drug-likeness (QED) is 0.0930. The van der Waals surface area contributed by atoms with Crippen molar-refractivity contribution >= 4 is 85.2 Å². The van der Waals surface area contributed by atoms with Gasteiger partial charge < -0.3 is 16.0 Å².